The van der Waals surface area contributed by atoms with E-state index in [9.17, 15) is 14.4 Å². The fraction of sp³-hybridized carbons (Fsp3) is 0.677. The molecule has 6 nitrogen and oxygen atoms in total. The third kappa shape index (κ3) is 56.9. The zero-order chi connectivity index (χ0) is 51.4. The largest absolute Gasteiger partial charge is 0.462 e. The van der Waals surface area contributed by atoms with Gasteiger partial charge in [-0.1, -0.05) is 233 Å². The van der Waals surface area contributed by atoms with Gasteiger partial charge in [0.2, 0.25) is 0 Å². The molecular formula is C65H108O6. The minimum Gasteiger partial charge on any atom is -0.462 e. The highest BCUT2D eigenvalue weighted by Crippen LogP contribution is 2.14. The molecule has 0 amide bonds. The van der Waals surface area contributed by atoms with Gasteiger partial charge in [0.1, 0.15) is 13.2 Å². The van der Waals surface area contributed by atoms with Crippen LogP contribution in [0.5, 0.6) is 0 Å². The highest BCUT2D eigenvalue weighted by Gasteiger charge is 2.19. The minimum atomic E-state index is -0.831. The average molecular weight is 986 g/mol. The molecule has 0 radical (unpaired) electrons. The summed E-state index contributed by atoms with van der Waals surface area (Å²) in [7, 11) is 0. The lowest BCUT2D eigenvalue weighted by molar-refractivity contribution is -0.167. The van der Waals surface area contributed by atoms with Gasteiger partial charge in [-0.15, -0.1) is 0 Å². The van der Waals surface area contributed by atoms with E-state index in [2.05, 4.69) is 130 Å². The minimum absolute atomic E-state index is 0.119. The van der Waals surface area contributed by atoms with Crippen LogP contribution in [0.2, 0.25) is 0 Å². The molecule has 0 unspecified atom stereocenters. The number of hydrogen-bond acceptors (Lipinski definition) is 6. The Morgan fingerprint density at radius 3 is 0.873 bits per heavy atom. The van der Waals surface area contributed by atoms with Gasteiger partial charge in [-0.2, -0.15) is 0 Å². The fourth-order valence-electron chi connectivity index (χ4n) is 7.77. The first-order valence-electron chi connectivity index (χ1n) is 29.4. The number of allylic oxidation sites excluding steroid dienone is 18. The van der Waals surface area contributed by atoms with E-state index >= 15 is 0 Å². The molecule has 6 heteroatoms. The molecule has 0 bridgehead atoms. The predicted octanol–water partition coefficient (Wildman–Crippen LogP) is 19.9. The highest BCUT2D eigenvalue weighted by atomic mass is 16.6. The summed E-state index contributed by atoms with van der Waals surface area (Å²) in [5, 5.41) is 0. The monoisotopic (exact) mass is 985 g/mol. The molecule has 71 heavy (non-hydrogen) atoms. The Labute approximate surface area is 438 Å². The van der Waals surface area contributed by atoms with Crippen LogP contribution in [0.15, 0.2) is 109 Å². The molecule has 0 aromatic rings. The molecular weight excluding hydrogens is 877 g/mol. The van der Waals surface area contributed by atoms with Crippen LogP contribution < -0.4 is 0 Å². The standard InChI is InChI=1S/C65H108O6/c1-4-7-10-13-16-19-22-25-28-31-32-35-37-40-43-46-49-52-55-58-64(67)70-61-62(71-65(68)59-56-53-50-47-44-41-38-34-30-27-24-21-18-15-12-9-6-3)60-69-63(66)57-54-51-48-45-42-39-36-33-29-26-23-20-17-14-11-8-5-2/h16-17,19-20,25-30,36,38-39,41,45,47-48,50,62H,4-15,18,21-24,31-35,37,40,42-44,46,49,51-61H2,1-3H3/b19-16-,20-17-,28-25-,29-26-,30-27-,39-36-,41-38-,48-45-,50-47-/t62-/m0/s1. The molecule has 0 rings (SSSR count). The second-order valence-electron chi connectivity index (χ2n) is 19.2. The summed E-state index contributed by atoms with van der Waals surface area (Å²) in [5.41, 5.74) is 0. The number of ether oxygens (including phenoxy) is 3. The van der Waals surface area contributed by atoms with Gasteiger partial charge in [0.05, 0.1) is 0 Å². The SMILES string of the molecule is CCCCC/C=C\C/C=C\C/C=C\C/C=C\CCCC(=O)OC[C@@H](COC(=O)CCCCCCCCCCC/C=C\C/C=C\CCCCC)OC(=O)CCC/C=C\C/C=C\C/C=C\CCCCCCCC. The first-order chi connectivity index (χ1) is 35.0. The van der Waals surface area contributed by atoms with Gasteiger partial charge in [-0.25, -0.2) is 0 Å². The van der Waals surface area contributed by atoms with E-state index in [-0.39, 0.29) is 44.0 Å². The van der Waals surface area contributed by atoms with Crippen molar-refractivity contribution >= 4 is 17.9 Å². The molecule has 1 atom stereocenters. The fourth-order valence-corrected chi connectivity index (χ4v) is 7.77. The van der Waals surface area contributed by atoms with E-state index in [1.54, 1.807) is 0 Å². The van der Waals surface area contributed by atoms with Gasteiger partial charge in [0.25, 0.3) is 0 Å². The summed E-state index contributed by atoms with van der Waals surface area (Å²) in [6.45, 7) is 6.49. The van der Waals surface area contributed by atoms with Crippen molar-refractivity contribution in [2.24, 2.45) is 0 Å². The van der Waals surface area contributed by atoms with Crippen molar-refractivity contribution in [1.82, 2.24) is 0 Å². The Bertz CT molecular complexity index is 1460. The van der Waals surface area contributed by atoms with Gasteiger partial charge in [-0.3, -0.25) is 14.4 Å². The number of hydrogen-bond donors (Lipinski definition) is 0. The average Bonchev–Trinajstić information content (AvgIpc) is 3.37. The third-order valence-corrected chi connectivity index (χ3v) is 12.2. The van der Waals surface area contributed by atoms with Crippen LogP contribution in [0.4, 0.5) is 0 Å². The zero-order valence-electron chi connectivity index (χ0n) is 46.2. The third-order valence-electron chi connectivity index (χ3n) is 12.2. The van der Waals surface area contributed by atoms with E-state index in [1.165, 1.54) is 141 Å². The lowest BCUT2D eigenvalue weighted by atomic mass is 10.1. The molecule has 0 aliphatic heterocycles. The lowest BCUT2D eigenvalue weighted by Gasteiger charge is -2.18. The Balaban J connectivity index is 4.54. The van der Waals surface area contributed by atoms with E-state index in [0.29, 0.717) is 19.3 Å². The Hall–Kier alpha value is -3.93. The van der Waals surface area contributed by atoms with Crippen LogP contribution in [-0.2, 0) is 28.6 Å². The van der Waals surface area contributed by atoms with Crippen molar-refractivity contribution < 1.29 is 28.6 Å². The maximum atomic E-state index is 12.8. The number of carbonyl (C=O) groups excluding carboxylic acids is 3. The molecule has 0 aromatic heterocycles. The number of esters is 3. The van der Waals surface area contributed by atoms with Crippen LogP contribution in [0, 0.1) is 0 Å². The van der Waals surface area contributed by atoms with Gasteiger partial charge in [0.15, 0.2) is 6.10 Å². The predicted molar refractivity (Wildman–Crippen MR) is 307 cm³/mol. The van der Waals surface area contributed by atoms with Gasteiger partial charge in [0, 0.05) is 19.3 Å². The van der Waals surface area contributed by atoms with E-state index in [1.807, 2.05) is 0 Å². The number of rotatable bonds is 52. The molecule has 0 aliphatic rings. The van der Waals surface area contributed by atoms with E-state index < -0.39 is 6.10 Å². The zero-order valence-corrected chi connectivity index (χ0v) is 46.2. The van der Waals surface area contributed by atoms with Crippen molar-refractivity contribution in [3.63, 3.8) is 0 Å². The van der Waals surface area contributed by atoms with Crippen molar-refractivity contribution in [2.45, 2.75) is 271 Å². The summed E-state index contributed by atoms with van der Waals surface area (Å²) in [6, 6.07) is 0. The van der Waals surface area contributed by atoms with Crippen LogP contribution in [0.1, 0.15) is 265 Å². The molecule has 404 valence electrons. The summed E-state index contributed by atoms with van der Waals surface area (Å²) >= 11 is 0. The molecule has 0 aromatic carbocycles. The molecule has 0 saturated carbocycles. The second-order valence-corrected chi connectivity index (χ2v) is 19.2. The summed E-state index contributed by atoms with van der Waals surface area (Å²) < 4.78 is 16.8. The first kappa shape index (κ1) is 67.1. The second kappa shape index (κ2) is 58.6. The van der Waals surface area contributed by atoms with Crippen molar-refractivity contribution in [3.05, 3.63) is 109 Å². The lowest BCUT2D eigenvalue weighted by Crippen LogP contribution is -2.30. The Kier molecular flexibility index (Phi) is 55.4. The van der Waals surface area contributed by atoms with Gasteiger partial charge in [-0.05, 0) is 122 Å². The summed E-state index contributed by atoms with van der Waals surface area (Å²) in [5.74, 6) is -1.03. The quantitative estimate of drug-likeness (QED) is 0.0261. The molecule has 0 heterocycles. The smallest absolute Gasteiger partial charge is 0.306 e. The number of carbonyl (C=O) groups is 3. The van der Waals surface area contributed by atoms with Crippen molar-refractivity contribution in [2.75, 3.05) is 13.2 Å². The first-order valence-corrected chi connectivity index (χ1v) is 29.4. The maximum absolute atomic E-state index is 12.8. The number of unbranched alkanes of at least 4 members (excludes halogenated alkanes) is 23. The van der Waals surface area contributed by atoms with Crippen LogP contribution in [0.3, 0.4) is 0 Å². The normalized spacial score (nSPS) is 12.9. The van der Waals surface area contributed by atoms with Gasteiger partial charge >= 0.3 is 17.9 Å². The molecule has 0 saturated heterocycles. The molecule has 0 N–H and O–H groups in total. The van der Waals surface area contributed by atoms with E-state index in [4.69, 9.17) is 14.2 Å². The highest BCUT2D eigenvalue weighted by molar-refractivity contribution is 5.71. The Morgan fingerprint density at radius 1 is 0.282 bits per heavy atom. The maximum Gasteiger partial charge on any atom is 0.306 e. The molecule has 0 aliphatic carbocycles. The topological polar surface area (TPSA) is 78.9 Å². The summed E-state index contributed by atoms with van der Waals surface area (Å²) in [4.78, 5) is 38.2. The summed E-state index contributed by atoms with van der Waals surface area (Å²) in [6.07, 6.45) is 79.4. The van der Waals surface area contributed by atoms with Crippen molar-refractivity contribution in [3.8, 4) is 0 Å². The van der Waals surface area contributed by atoms with E-state index in [0.717, 1.165) is 70.6 Å². The van der Waals surface area contributed by atoms with Crippen molar-refractivity contribution in [1.29, 1.82) is 0 Å². The van der Waals surface area contributed by atoms with Crippen LogP contribution in [0.25, 0.3) is 0 Å². The Morgan fingerprint density at radius 2 is 0.521 bits per heavy atom. The van der Waals surface area contributed by atoms with Crippen LogP contribution >= 0.6 is 0 Å². The van der Waals surface area contributed by atoms with Crippen LogP contribution in [-0.4, -0.2) is 37.2 Å². The van der Waals surface area contributed by atoms with Gasteiger partial charge < -0.3 is 14.2 Å². The molecule has 0 spiro atoms. The molecule has 0 fully saturated rings.